The number of amides is 2. The fourth-order valence-corrected chi connectivity index (χ4v) is 7.65. The molecule has 7 rings (SSSR count). The van der Waals surface area contributed by atoms with Gasteiger partial charge in [-0.3, -0.25) is 18.9 Å². The normalized spacial score (nSPS) is 14.4. The molecule has 13 heteroatoms. The molecule has 10 nitrogen and oxygen atoms in total. The lowest BCUT2D eigenvalue weighted by atomic mass is 9.96. The van der Waals surface area contributed by atoms with Crippen LogP contribution >= 0.6 is 0 Å². The van der Waals surface area contributed by atoms with Crippen LogP contribution in [-0.2, 0) is 16.6 Å². The minimum absolute atomic E-state index is 0.0964. The molecule has 4 heterocycles. The Morgan fingerprint density at radius 3 is 2.51 bits per heavy atom. The number of pyridine rings is 1. The molecular formula is C38H33F2N5O5S. The Bertz CT molecular complexity index is 2380. The van der Waals surface area contributed by atoms with Crippen LogP contribution in [0.2, 0.25) is 0 Å². The highest BCUT2D eigenvalue weighted by Crippen LogP contribution is 2.42. The molecule has 260 valence electrons. The smallest absolute Gasteiger partial charge is 0.255 e. The number of hydrogen-bond acceptors (Lipinski definition) is 6. The number of alkyl halides is 1. The second kappa shape index (κ2) is 13.5. The van der Waals surface area contributed by atoms with Crippen molar-refractivity contribution in [3.8, 4) is 22.5 Å². The Morgan fingerprint density at radius 1 is 1.00 bits per heavy atom. The molecule has 1 aliphatic rings. The monoisotopic (exact) mass is 709 g/mol. The molecule has 0 bridgehead atoms. The summed E-state index contributed by atoms with van der Waals surface area (Å²) in [6, 6.07) is 22.5. The molecule has 0 saturated heterocycles. The summed E-state index contributed by atoms with van der Waals surface area (Å²) in [5.74, 6) is -1.08. The van der Waals surface area contributed by atoms with E-state index in [1.807, 2.05) is 30.5 Å². The lowest BCUT2D eigenvalue weighted by Gasteiger charge is -2.37. The number of nitrogens with zero attached hydrogens (tertiary/aromatic N) is 4. The number of carbonyl (C=O) groups is 2. The van der Waals surface area contributed by atoms with E-state index in [1.54, 1.807) is 47.6 Å². The first-order valence-corrected chi connectivity index (χ1v) is 18.0. The number of halogens is 2. The maximum absolute atomic E-state index is 14.4. The van der Waals surface area contributed by atoms with Crippen molar-refractivity contribution >= 4 is 38.5 Å². The van der Waals surface area contributed by atoms with Crippen molar-refractivity contribution in [2.45, 2.75) is 12.6 Å². The molecule has 1 aliphatic heterocycles. The maximum Gasteiger partial charge on any atom is 0.255 e. The summed E-state index contributed by atoms with van der Waals surface area (Å²) >= 11 is 0. The Hall–Kier alpha value is -5.82. The third kappa shape index (κ3) is 6.25. The van der Waals surface area contributed by atoms with E-state index in [0.29, 0.717) is 40.7 Å². The standard InChI is InChI=1S/C38H33F2N5O5S/c1-41-37(46)34-30-21-29(32(45(17-14-39)51(2,48)49)22-33(30)50-36(34)24-10-12-28(40)13-11-24)25-6-3-7-26(20-25)38(47)44-19-18-43-16-5-9-31(43)35(44)27-8-4-15-42-23-27/h3-13,15-16,20-23,35H,14,17-19H2,1-2H3,(H,41,46). The van der Waals surface area contributed by atoms with E-state index < -0.39 is 41.0 Å². The van der Waals surface area contributed by atoms with Crippen LogP contribution in [0.5, 0.6) is 0 Å². The number of rotatable bonds is 9. The summed E-state index contributed by atoms with van der Waals surface area (Å²) < 4.78 is 63.2. The Labute approximate surface area is 293 Å². The van der Waals surface area contributed by atoms with Crippen LogP contribution in [0.15, 0.2) is 108 Å². The molecule has 2 amide bonds. The van der Waals surface area contributed by atoms with Crippen LogP contribution in [0.3, 0.4) is 0 Å². The second-order valence-electron chi connectivity index (χ2n) is 12.2. The van der Waals surface area contributed by atoms with Crippen LogP contribution in [0, 0.1) is 5.82 Å². The number of sulfonamides is 1. The van der Waals surface area contributed by atoms with Crippen LogP contribution in [0.4, 0.5) is 14.5 Å². The molecule has 0 aliphatic carbocycles. The van der Waals surface area contributed by atoms with Gasteiger partial charge in [0.05, 0.1) is 30.1 Å². The molecule has 51 heavy (non-hydrogen) atoms. The van der Waals surface area contributed by atoms with Gasteiger partial charge in [-0.05, 0) is 71.8 Å². The zero-order valence-electron chi connectivity index (χ0n) is 27.7. The van der Waals surface area contributed by atoms with Gasteiger partial charge in [0, 0.05) is 72.6 Å². The number of aromatic nitrogens is 2. The first-order valence-electron chi connectivity index (χ1n) is 16.2. The summed E-state index contributed by atoms with van der Waals surface area (Å²) in [5, 5.41) is 2.96. The van der Waals surface area contributed by atoms with Crippen molar-refractivity contribution in [1.29, 1.82) is 0 Å². The fourth-order valence-electron chi connectivity index (χ4n) is 6.74. The van der Waals surface area contributed by atoms with Crippen molar-refractivity contribution in [1.82, 2.24) is 19.8 Å². The number of hydrogen-bond donors (Lipinski definition) is 1. The van der Waals surface area contributed by atoms with Crippen LogP contribution < -0.4 is 9.62 Å². The lowest BCUT2D eigenvalue weighted by molar-refractivity contribution is 0.0663. The minimum atomic E-state index is -4.02. The average Bonchev–Trinajstić information content (AvgIpc) is 3.77. The summed E-state index contributed by atoms with van der Waals surface area (Å²) in [7, 11) is -2.56. The SMILES string of the molecule is CNC(=O)c1c(-c2ccc(F)cc2)oc2cc(N(CCF)S(C)(=O)=O)c(-c3cccc(C(=O)N4CCn5cccc5C4c4cccnc4)c3)cc12. The van der Waals surface area contributed by atoms with Crippen molar-refractivity contribution in [2.24, 2.45) is 0 Å². The predicted molar refractivity (Wildman–Crippen MR) is 190 cm³/mol. The van der Waals surface area contributed by atoms with E-state index in [1.165, 1.54) is 37.4 Å². The largest absolute Gasteiger partial charge is 0.455 e. The molecule has 3 aromatic carbocycles. The van der Waals surface area contributed by atoms with Gasteiger partial charge in [-0.25, -0.2) is 17.2 Å². The van der Waals surface area contributed by atoms with Crippen molar-refractivity contribution in [3.63, 3.8) is 0 Å². The highest BCUT2D eigenvalue weighted by atomic mass is 32.2. The zero-order chi connectivity index (χ0) is 35.9. The third-order valence-corrected chi connectivity index (χ3v) is 10.2. The molecule has 0 fully saturated rings. The van der Waals surface area contributed by atoms with Gasteiger partial charge in [-0.2, -0.15) is 0 Å². The molecule has 0 saturated carbocycles. The van der Waals surface area contributed by atoms with Gasteiger partial charge >= 0.3 is 0 Å². The molecule has 3 aromatic heterocycles. The first kappa shape index (κ1) is 33.7. The quantitative estimate of drug-likeness (QED) is 0.185. The van der Waals surface area contributed by atoms with Crippen molar-refractivity contribution in [2.75, 3.05) is 37.4 Å². The Balaban J connectivity index is 1.40. The molecule has 0 spiro atoms. The van der Waals surface area contributed by atoms with E-state index in [4.69, 9.17) is 4.42 Å². The van der Waals surface area contributed by atoms with Crippen molar-refractivity contribution < 1.29 is 31.2 Å². The first-order chi connectivity index (χ1) is 24.6. The average molecular weight is 710 g/mol. The topological polar surface area (TPSA) is 118 Å². The molecule has 1 atom stereocenters. The minimum Gasteiger partial charge on any atom is -0.455 e. The second-order valence-corrected chi connectivity index (χ2v) is 14.1. The maximum atomic E-state index is 14.4. The summed E-state index contributed by atoms with van der Waals surface area (Å²) in [5.41, 5.74) is 3.73. The van der Waals surface area contributed by atoms with Gasteiger partial charge in [0.1, 0.15) is 23.8 Å². The van der Waals surface area contributed by atoms with Gasteiger partial charge in [-0.1, -0.05) is 18.2 Å². The highest BCUT2D eigenvalue weighted by molar-refractivity contribution is 7.92. The van der Waals surface area contributed by atoms with Crippen LogP contribution in [-0.4, -0.2) is 67.8 Å². The number of benzene rings is 3. The van der Waals surface area contributed by atoms with E-state index in [0.717, 1.165) is 21.8 Å². The van der Waals surface area contributed by atoms with Gasteiger partial charge in [-0.15, -0.1) is 0 Å². The van der Waals surface area contributed by atoms with Gasteiger partial charge in [0.2, 0.25) is 10.0 Å². The fraction of sp³-hybridized carbons (Fsp3) is 0.184. The number of carbonyl (C=O) groups excluding carboxylic acids is 2. The molecule has 1 N–H and O–H groups in total. The summed E-state index contributed by atoms with van der Waals surface area (Å²) in [6.07, 6.45) is 6.37. The van der Waals surface area contributed by atoms with E-state index in [-0.39, 0.29) is 28.5 Å². The number of anilines is 1. The molecule has 1 unspecified atom stereocenters. The van der Waals surface area contributed by atoms with E-state index in [2.05, 4.69) is 14.9 Å². The third-order valence-electron chi connectivity index (χ3n) is 9.04. The lowest BCUT2D eigenvalue weighted by Crippen LogP contribution is -2.42. The Kier molecular flexibility index (Phi) is 8.90. The highest BCUT2D eigenvalue weighted by Gasteiger charge is 2.33. The van der Waals surface area contributed by atoms with Gasteiger partial charge in [0.15, 0.2) is 0 Å². The molecule has 6 aromatic rings. The van der Waals surface area contributed by atoms with Gasteiger partial charge in [0.25, 0.3) is 11.8 Å². The van der Waals surface area contributed by atoms with E-state index in [9.17, 15) is 26.8 Å². The van der Waals surface area contributed by atoms with E-state index >= 15 is 0 Å². The number of nitrogens with one attached hydrogen (secondary N) is 1. The number of fused-ring (bicyclic) bond motifs is 2. The van der Waals surface area contributed by atoms with Crippen LogP contribution in [0.1, 0.15) is 38.0 Å². The number of furan rings is 1. The van der Waals surface area contributed by atoms with Crippen molar-refractivity contribution in [3.05, 3.63) is 132 Å². The van der Waals surface area contributed by atoms with Gasteiger partial charge < -0.3 is 19.2 Å². The summed E-state index contributed by atoms with van der Waals surface area (Å²) in [6.45, 7) is -0.435. The molecular weight excluding hydrogens is 677 g/mol. The zero-order valence-corrected chi connectivity index (χ0v) is 28.5. The van der Waals surface area contributed by atoms with Crippen LogP contribution in [0.25, 0.3) is 33.4 Å². The molecule has 0 radical (unpaired) electrons. The summed E-state index contributed by atoms with van der Waals surface area (Å²) in [4.78, 5) is 33.8. The predicted octanol–water partition coefficient (Wildman–Crippen LogP) is 6.44. The Morgan fingerprint density at radius 2 is 1.80 bits per heavy atom.